The standard InChI is InChI=1S/C12H15ClN2OS/c1-9(2)8-15(6-3-5-14)12(16)11-10(13)4-7-17-11/h4,7,9H,3,6,8H2,1-2H3. The van der Waals surface area contributed by atoms with Crippen LogP contribution in [-0.2, 0) is 0 Å². The number of hydrogen-bond donors (Lipinski definition) is 0. The summed E-state index contributed by atoms with van der Waals surface area (Å²) in [5, 5.41) is 10.9. The molecule has 17 heavy (non-hydrogen) atoms. The zero-order valence-corrected chi connectivity index (χ0v) is 11.5. The molecule has 1 amide bonds. The SMILES string of the molecule is CC(C)CN(CCC#N)C(=O)c1sccc1Cl. The first-order valence-electron chi connectivity index (χ1n) is 5.45. The van der Waals surface area contributed by atoms with E-state index in [1.807, 2.05) is 13.8 Å². The lowest BCUT2D eigenvalue weighted by molar-refractivity contribution is 0.0745. The normalized spacial score (nSPS) is 10.3. The first-order chi connectivity index (χ1) is 8.06. The average molecular weight is 271 g/mol. The molecule has 0 fully saturated rings. The van der Waals surface area contributed by atoms with Gasteiger partial charge >= 0.3 is 0 Å². The van der Waals surface area contributed by atoms with Crippen LogP contribution in [0.1, 0.15) is 29.9 Å². The van der Waals surface area contributed by atoms with Crippen LogP contribution in [0.2, 0.25) is 5.02 Å². The minimum atomic E-state index is -0.0750. The highest BCUT2D eigenvalue weighted by atomic mass is 35.5. The Bertz CT molecular complexity index is 422. The average Bonchev–Trinajstić information content (AvgIpc) is 2.69. The molecule has 0 aliphatic rings. The summed E-state index contributed by atoms with van der Waals surface area (Å²) in [4.78, 5) is 14.5. The van der Waals surface area contributed by atoms with Gasteiger partial charge in [-0.05, 0) is 17.4 Å². The molecule has 5 heteroatoms. The Morgan fingerprint density at radius 1 is 1.65 bits per heavy atom. The third-order valence-corrected chi connectivity index (χ3v) is 3.51. The van der Waals surface area contributed by atoms with Crippen LogP contribution < -0.4 is 0 Å². The van der Waals surface area contributed by atoms with E-state index in [0.717, 1.165) is 0 Å². The highest BCUT2D eigenvalue weighted by Gasteiger charge is 2.20. The smallest absolute Gasteiger partial charge is 0.265 e. The van der Waals surface area contributed by atoms with Gasteiger partial charge in [-0.2, -0.15) is 5.26 Å². The molecule has 0 spiro atoms. The van der Waals surface area contributed by atoms with Crippen molar-refractivity contribution in [2.45, 2.75) is 20.3 Å². The van der Waals surface area contributed by atoms with E-state index in [2.05, 4.69) is 6.07 Å². The number of hydrogen-bond acceptors (Lipinski definition) is 3. The highest BCUT2D eigenvalue weighted by Crippen LogP contribution is 2.24. The molecule has 3 nitrogen and oxygen atoms in total. The molecule has 0 N–H and O–H groups in total. The monoisotopic (exact) mass is 270 g/mol. The molecular formula is C12H15ClN2OS. The molecule has 92 valence electrons. The van der Waals surface area contributed by atoms with E-state index < -0.39 is 0 Å². The second kappa shape index (κ2) is 6.63. The van der Waals surface area contributed by atoms with Gasteiger partial charge in [-0.1, -0.05) is 25.4 Å². The van der Waals surface area contributed by atoms with Gasteiger partial charge in [0.15, 0.2) is 0 Å². The summed E-state index contributed by atoms with van der Waals surface area (Å²) in [5.74, 6) is 0.297. The van der Waals surface area contributed by atoms with Crippen LogP contribution >= 0.6 is 22.9 Å². The molecule has 1 rings (SSSR count). The Hall–Kier alpha value is -1.05. The van der Waals surface area contributed by atoms with Gasteiger partial charge in [0.05, 0.1) is 17.5 Å². The number of nitrogens with zero attached hydrogens (tertiary/aromatic N) is 2. The first-order valence-corrected chi connectivity index (χ1v) is 6.71. The fourth-order valence-electron chi connectivity index (χ4n) is 1.49. The minimum absolute atomic E-state index is 0.0750. The highest BCUT2D eigenvalue weighted by molar-refractivity contribution is 7.12. The van der Waals surface area contributed by atoms with Crippen LogP contribution in [-0.4, -0.2) is 23.9 Å². The molecule has 1 aromatic heterocycles. The predicted octanol–water partition coefficient (Wildman–Crippen LogP) is 3.41. The van der Waals surface area contributed by atoms with E-state index in [9.17, 15) is 4.79 Å². The van der Waals surface area contributed by atoms with Crippen LogP contribution in [0.5, 0.6) is 0 Å². The van der Waals surface area contributed by atoms with Crippen molar-refractivity contribution in [1.29, 1.82) is 5.26 Å². The van der Waals surface area contributed by atoms with Gasteiger partial charge in [-0.25, -0.2) is 0 Å². The summed E-state index contributed by atoms with van der Waals surface area (Å²) in [6, 6.07) is 3.78. The molecule has 1 aromatic rings. The number of nitriles is 1. The van der Waals surface area contributed by atoms with Gasteiger partial charge in [0.1, 0.15) is 4.88 Å². The lowest BCUT2D eigenvalue weighted by Crippen LogP contribution is -2.34. The summed E-state index contributed by atoms with van der Waals surface area (Å²) in [6.45, 7) is 5.20. The number of halogens is 1. The number of rotatable bonds is 5. The Morgan fingerprint density at radius 3 is 2.82 bits per heavy atom. The predicted molar refractivity (Wildman–Crippen MR) is 70.3 cm³/mol. The molecule has 0 aliphatic carbocycles. The molecule has 0 unspecified atom stereocenters. The van der Waals surface area contributed by atoms with Gasteiger partial charge in [-0.15, -0.1) is 11.3 Å². The first kappa shape index (κ1) is 14.0. The second-order valence-electron chi connectivity index (χ2n) is 4.15. The quantitative estimate of drug-likeness (QED) is 0.823. The Kier molecular flexibility index (Phi) is 5.46. The van der Waals surface area contributed by atoms with Crippen molar-refractivity contribution in [3.63, 3.8) is 0 Å². The number of thiophene rings is 1. The van der Waals surface area contributed by atoms with Gasteiger partial charge in [0.25, 0.3) is 5.91 Å². The van der Waals surface area contributed by atoms with Crippen LogP contribution in [0.4, 0.5) is 0 Å². The number of carbonyl (C=O) groups excluding carboxylic acids is 1. The molecule has 0 aromatic carbocycles. The van der Waals surface area contributed by atoms with Crippen molar-refractivity contribution in [2.24, 2.45) is 5.92 Å². The maximum Gasteiger partial charge on any atom is 0.265 e. The molecule has 0 aliphatic heterocycles. The van der Waals surface area contributed by atoms with Crippen molar-refractivity contribution < 1.29 is 4.79 Å². The molecule has 0 bridgehead atoms. The van der Waals surface area contributed by atoms with Crippen molar-refractivity contribution in [2.75, 3.05) is 13.1 Å². The summed E-state index contributed by atoms with van der Waals surface area (Å²) < 4.78 is 0. The number of carbonyl (C=O) groups is 1. The van der Waals surface area contributed by atoms with E-state index in [1.165, 1.54) is 11.3 Å². The summed E-state index contributed by atoms with van der Waals surface area (Å²) in [7, 11) is 0. The van der Waals surface area contributed by atoms with Crippen molar-refractivity contribution in [3.05, 3.63) is 21.3 Å². The molecule has 1 heterocycles. The third kappa shape index (κ3) is 4.03. The van der Waals surface area contributed by atoms with Crippen molar-refractivity contribution in [1.82, 2.24) is 4.90 Å². The summed E-state index contributed by atoms with van der Waals surface area (Å²) >= 11 is 7.29. The van der Waals surface area contributed by atoms with Crippen molar-refractivity contribution >= 4 is 28.8 Å². The van der Waals surface area contributed by atoms with Crippen molar-refractivity contribution in [3.8, 4) is 6.07 Å². The zero-order chi connectivity index (χ0) is 12.8. The van der Waals surface area contributed by atoms with E-state index in [0.29, 0.717) is 35.3 Å². The minimum Gasteiger partial charge on any atom is -0.337 e. The molecule has 0 atom stereocenters. The van der Waals surface area contributed by atoms with E-state index in [-0.39, 0.29) is 5.91 Å². The second-order valence-corrected chi connectivity index (χ2v) is 5.47. The van der Waals surface area contributed by atoms with E-state index in [1.54, 1.807) is 16.3 Å². The third-order valence-electron chi connectivity index (χ3n) is 2.18. The Morgan fingerprint density at radius 2 is 2.35 bits per heavy atom. The molecular weight excluding hydrogens is 256 g/mol. The van der Waals surface area contributed by atoms with Crippen LogP contribution in [0, 0.1) is 17.2 Å². The van der Waals surface area contributed by atoms with Gasteiger partial charge in [0, 0.05) is 13.1 Å². The van der Waals surface area contributed by atoms with Crippen LogP contribution in [0.25, 0.3) is 0 Å². The Labute approximate surface area is 111 Å². The zero-order valence-electron chi connectivity index (χ0n) is 9.94. The van der Waals surface area contributed by atoms with E-state index >= 15 is 0 Å². The molecule has 0 saturated carbocycles. The van der Waals surface area contributed by atoms with Crippen LogP contribution in [0.3, 0.4) is 0 Å². The lowest BCUT2D eigenvalue weighted by atomic mass is 10.2. The summed E-state index contributed by atoms with van der Waals surface area (Å²) in [5.41, 5.74) is 0. The van der Waals surface area contributed by atoms with Gasteiger partial charge in [0.2, 0.25) is 0 Å². The fraction of sp³-hybridized carbons (Fsp3) is 0.500. The summed E-state index contributed by atoms with van der Waals surface area (Å²) in [6.07, 6.45) is 0.349. The van der Waals surface area contributed by atoms with Gasteiger partial charge in [-0.3, -0.25) is 4.79 Å². The topological polar surface area (TPSA) is 44.1 Å². The Balaban J connectivity index is 2.79. The largest absolute Gasteiger partial charge is 0.337 e. The molecule has 0 saturated heterocycles. The maximum atomic E-state index is 12.2. The van der Waals surface area contributed by atoms with Crippen LogP contribution in [0.15, 0.2) is 11.4 Å². The van der Waals surface area contributed by atoms with E-state index in [4.69, 9.17) is 16.9 Å². The fourth-order valence-corrected chi connectivity index (χ4v) is 2.59. The number of amides is 1. The van der Waals surface area contributed by atoms with Gasteiger partial charge < -0.3 is 4.90 Å². The lowest BCUT2D eigenvalue weighted by Gasteiger charge is -2.23. The maximum absolute atomic E-state index is 12.2. The molecule has 0 radical (unpaired) electrons.